The third-order valence-corrected chi connectivity index (χ3v) is 4.86. The number of ether oxygens (including phenoxy) is 3. The Morgan fingerprint density at radius 1 is 1.32 bits per heavy atom. The van der Waals surface area contributed by atoms with Crippen molar-refractivity contribution in [3.8, 4) is 0 Å². The normalized spacial score (nSPS) is 27.2. The SMILES string of the molecule is C=CC[C@@]1(O)C(OCCCC)[C@@H](COCCCC)O[C@H]1n1ccc(=O)[nH]c1=O. The van der Waals surface area contributed by atoms with Gasteiger partial charge in [0.25, 0.3) is 5.56 Å². The van der Waals surface area contributed by atoms with Crippen LogP contribution in [0.15, 0.2) is 34.5 Å². The van der Waals surface area contributed by atoms with E-state index in [1.807, 2.05) is 0 Å². The summed E-state index contributed by atoms with van der Waals surface area (Å²) in [6.45, 7) is 9.15. The summed E-state index contributed by atoms with van der Waals surface area (Å²) < 4.78 is 19.0. The number of hydrogen-bond acceptors (Lipinski definition) is 6. The minimum Gasteiger partial charge on any atom is -0.382 e. The number of rotatable bonds is 12. The molecule has 2 rings (SSSR count). The molecule has 0 saturated carbocycles. The number of hydrogen-bond donors (Lipinski definition) is 2. The van der Waals surface area contributed by atoms with Gasteiger partial charge in [0.1, 0.15) is 17.8 Å². The molecule has 0 amide bonds. The first-order valence-electron chi connectivity index (χ1n) is 9.97. The predicted octanol–water partition coefficient (Wildman–Crippen LogP) is 1.74. The molecule has 1 saturated heterocycles. The van der Waals surface area contributed by atoms with E-state index in [1.165, 1.54) is 16.8 Å². The van der Waals surface area contributed by atoms with Crippen LogP contribution >= 0.6 is 0 Å². The molecular weight excluding hydrogens is 364 g/mol. The average molecular weight is 396 g/mol. The Labute approximate surface area is 165 Å². The van der Waals surface area contributed by atoms with Gasteiger partial charge in [0.2, 0.25) is 0 Å². The fourth-order valence-electron chi connectivity index (χ4n) is 3.36. The molecule has 0 aliphatic carbocycles. The number of H-pyrrole nitrogens is 1. The van der Waals surface area contributed by atoms with Gasteiger partial charge >= 0.3 is 5.69 Å². The lowest BCUT2D eigenvalue weighted by molar-refractivity contribution is -0.122. The molecule has 1 fully saturated rings. The highest BCUT2D eigenvalue weighted by Crippen LogP contribution is 2.42. The van der Waals surface area contributed by atoms with Gasteiger partial charge in [-0.25, -0.2) is 4.79 Å². The monoisotopic (exact) mass is 396 g/mol. The first kappa shape index (κ1) is 22.5. The fraction of sp³-hybridized carbons (Fsp3) is 0.700. The molecule has 1 aromatic rings. The summed E-state index contributed by atoms with van der Waals surface area (Å²) in [4.78, 5) is 25.9. The van der Waals surface area contributed by atoms with Gasteiger partial charge in [-0.05, 0) is 12.8 Å². The zero-order valence-electron chi connectivity index (χ0n) is 16.8. The Kier molecular flexibility index (Phi) is 8.62. The van der Waals surface area contributed by atoms with Crippen molar-refractivity contribution in [1.29, 1.82) is 0 Å². The summed E-state index contributed by atoms with van der Waals surface area (Å²) in [7, 11) is 0. The molecule has 0 radical (unpaired) electrons. The largest absolute Gasteiger partial charge is 0.382 e. The highest BCUT2D eigenvalue weighted by atomic mass is 16.6. The number of aromatic nitrogens is 2. The molecule has 2 heterocycles. The van der Waals surface area contributed by atoms with Crippen LogP contribution in [0.2, 0.25) is 0 Å². The van der Waals surface area contributed by atoms with E-state index in [-0.39, 0.29) is 13.0 Å². The lowest BCUT2D eigenvalue weighted by atomic mass is 9.90. The van der Waals surface area contributed by atoms with E-state index in [1.54, 1.807) is 6.08 Å². The van der Waals surface area contributed by atoms with E-state index in [2.05, 4.69) is 25.4 Å². The Bertz CT molecular complexity index is 730. The van der Waals surface area contributed by atoms with Crippen molar-refractivity contribution in [2.45, 2.75) is 70.0 Å². The molecule has 8 nitrogen and oxygen atoms in total. The van der Waals surface area contributed by atoms with Gasteiger partial charge in [-0.2, -0.15) is 0 Å². The van der Waals surface area contributed by atoms with Crippen molar-refractivity contribution in [2.75, 3.05) is 19.8 Å². The number of nitrogens with one attached hydrogen (secondary N) is 1. The minimum absolute atomic E-state index is 0.158. The van der Waals surface area contributed by atoms with Crippen molar-refractivity contribution in [2.24, 2.45) is 0 Å². The van der Waals surface area contributed by atoms with Gasteiger partial charge in [-0.3, -0.25) is 14.3 Å². The number of nitrogens with zero attached hydrogens (tertiary/aromatic N) is 1. The minimum atomic E-state index is -1.52. The van der Waals surface area contributed by atoms with Crippen LogP contribution in [0.25, 0.3) is 0 Å². The molecule has 0 aromatic carbocycles. The molecule has 1 aromatic heterocycles. The van der Waals surface area contributed by atoms with Crippen LogP contribution in [0, 0.1) is 0 Å². The van der Waals surface area contributed by atoms with Gasteiger partial charge in [-0.1, -0.05) is 32.8 Å². The Balaban J connectivity index is 2.33. The lowest BCUT2D eigenvalue weighted by Gasteiger charge is -2.33. The molecule has 4 atom stereocenters. The van der Waals surface area contributed by atoms with Crippen LogP contribution in [-0.2, 0) is 14.2 Å². The van der Waals surface area contributed by atoms with E-state index in [4.69, 9.17) is 14.2 Å². The topological polar surface area (TPSA) is 103 Å². The maximum absolute atomic E-state index is 12.3. The lowest BCUT2D eigenvalue weighted by Crippen LogP contribution is -2.50. The van der Waals surface area contributed by atoms with Crippen molar-refractivity contribution in [3.05, 3.63) is 45.8 Å². The van der Waals surface area contributed by atoms with Crippen LogP contribution in [0.3, 0.4) is 0 Å². The molecule has 2 N–H and O–H groups in total. The third kappa shape index (κ3) is 5.20. The average Bonchev–Trinajstić information content (AvgIpc) is 2.91. The van der Waals surface area contributed by atoms with Crippen LogP contribution in [-0.4, -0.2) is 52.3 Å². The van der Waals surface area contributed by atoms with Gasteiger partial charge in [0, 0.05) is 31.9 Å². The summed E-state index contributed by atoms with van der Waals surface area (Å²) in [6.07, 6.45) is 4.51. The maximum atomic E-state index is 12.3. The summed E-state index contributed by atoms with van der Waals surface area (Å²) in [5.74, 6) is 0. The predicted molar refractivity (Wildman–Crippen MR) is 105 cm³/mol. The van der Waals surface area contributed by atoms with Crippen molar-refractivity contribution in [1.82, 2.24) is 9.55 Å². The molecular formula is C20H32N2O6. The second-order valence-corrected chi connectivity index (χ2v) is 7.10. The molecule has 158 valence electrons. The molecule has 0 spiro atoms. The highest BCUT2D eigenvalue weighted by Gasteiger charge is 2.57. The zero-order chi connectivity index (χ0) is 20.6. The van der Waals surface area contributed by atoms with Crippen molar-refractivity contribution >= 4 is 0 Å². The third-order valence-electron chi connectivity index (χ3n) is 4.86. The highest BCUT2D eigenvalue weighted by molar-refractivity contribution is 5.06. The van der Waals surface area contributed by atoms with E-state index in [0.29, 0.717) is 13.2 Å². The summed E-state index contributed by atoms with van der Waals surface area (Å²) >= 11 is 0. The molecule has 28 heavy (non-hydrogen) atoms. The quantitative estimate of drug-likeness (QED) is 0.412. The second kappa shape index (κ2) is 10.7. The summed E-state index contributed by atoms with van der Waals surface area (Å²) in [5.41, 5.74) is -2.68. The fourth-order valence-corrected chi connectivity index (χ4v) is 3.36. The van der Waals surface area contributed by atoms with Crippen molar-refractivity contribution < 1.29 is 19.3 Å². The summed E-state index contributed by atoms with van der Waals surface area (Å²) in [6, 6.07) is 1.22. The van der Waals surface area contributed by atoms with Gasteiger partial charge < -0.3 is 19.3 Å². The second-order valence-electron chi connectivity index (χ2n) is 7.10. The Hall–Kier alpha value is -1.74. The zero-order valence-corrected chi connectivity index (χ0v) is 16.8. The van der Waals surface area contributed by atoms with E-state index < -0.39 is 35.3 Å². The van der Waals surface area contributed by atoms with Crippen LogP contribution in [0.5, 0.6) is 0 Å². The van der Waals surface area contributed by atoms with E-state index in [9.17, 15) is 14.7 Å². The van der Waals surface area contributed by atoms with Crippen LogP contribution in [0.1, 0.15) is 52.2 Å². The van der Waals surface area contributed by atoms with Gasteiger partial charge in [0.15, 0.2) is 6.23 Å². The van der Waals surface area contributed by atoms with Crippen molar-refractivity contribution in [3.63, 3.8) is 0 Å². The first-order chi connectivity index (χ1) is 13.5. The first-order valence-corrected chi connectivity index (χ1v) is 9.97. The molecule has 0 bridgehead atoms. The van der Waals surface area contributed by atoms with Crippen LogP contribution in [0.4, 0.5) is 0 Å². The molecule has 1 aliphatic heterocycles. The Morgan fingerprint density at radius 2 is 2.04 bits per heavy atom. The van der Waals surface area contributed by atoms with E-state index in [0.717, 1.165) is 25.7 Å². The van der Waals surface area contributed by atoms with Gasteiger partial charge in [0.05, 0.1) is 6.61 Å². The molecule has 1 unspecified atom stereocenters. The van der Waals surface area contributed by atoms with Crippen LogP contribution < -0.4 is 11.2 Å². The van der Waals surface area contributed by atoms with E-state index >= 15 is 0 Å². The number of unbranched alkanes of at least 4 members (excludes halogenated alkanes) is 2. The Morgan fingerprint density at radius 3 is 2.68 bits per heavy atom. The molecule has 1 aliphatic rings. The van der Waals surface area contributed by atoms with Gasteiger partial charge in [-0.15, -0.1) is 6.58 Å². The smallest absolute Gasteiger partial charge is 0.330 e. The number of aromatic amines is 1. The number of aliphatic hydroxyl groups is 1. The maximum Gasteiger partial charge on any atom is 0.330 e. The standard InChI is InChI=1S/C20H32N2O6/c1-4-7-12-26-14-15-17(27-13-8-5-2)20(25,10-6-3)18(28-15)22-11-9-16(23)21-19(22)24/h6,9,11,15,17-18,25H,3-5,7-8,10,12-14H2,1-2H3,(H,21,23,24)/t15-,17?,18-,20-/m1/s1. The molecule has 8 heteroatoms. The summed E-state index contributed by atoms with van der Waals surface area (Å²) in [5, 5.41) is 11.5.